The maximum Gasteiger partial charge on any atom is 2.00 e. The minimum Gasteiger partial charge on any atom is -0.504 e. The molecule has 0 bridgehead atoms. The molecule has 10 rings (SSSR count). The molecule has 256 valence electrons. The van der Waals surface area contributed by atoms with E-state index in [4.69, 9.17) is 0 Å². The van der Waals surface area contributed by atoms with Crippen molar-refractivity contribution in [2.75, 3.05) is 0 Å². The second kappa shape index (κ2) is 15.6. The van der Waals surface area contributed by atoms with Gasteiger partial charge in [-0.25, -0.2) is 0 Å². The van der Waals surface area contributed by atoms with Gasteiger partial charge in [0.05, 0.1) is 43.2 Å². The molecule has 4 heterocycles. The Morgan fingerprint density at radius 3 is 0.906 bits per heavy atom. The van der Waals surface area contributed by atoms with Crippen LogP contribution in [0, 0.1) is 13.8 Å². The number of benzene rings is 6. The van der Waals surface area contributed by atoms with E-state index in [2.05, 4.69) is 71.5 Å². The van der Waals surface area contributed by atoms with Gasteiger partial charge in [0.25, 0.3) is 0 Å². The first kappa shape index (κ1) is 35.9. The van der Waals surface area contributed by atoms with Crippen molar-refractivity contribution in [3.63, 3.8) is 0 Å². The van der Waals surface area contributed by atoms with E-state index in [0.717, 1.165) is 54.7 Å². The van der Waals surface area contributed by atoms with E-state index in [1.165, 1.54) is 22.7 Å². The summed E-state index contributed by atoms with van der Waals surface area (Å²) in [5.41, 5.74) is 7.72. The molecule has 4 aromatic heterocycles. The monoisotopic (exact) mass is 800 g/mol. The summed E-state index contributed by atoms with van der Waals surface area (Å²) in [6.45, 7) is 7.44. The summed E-state index contributed by atoms with van der Waals surface area (Å²) in [5.74, 6) is 0.347. The Bertz CT molecular complexity index is 2500. The SMILES string of the molecule is Oc1c(-n2c3ccccc3c3ccccc32)csc1-c1scc(-n2c3ccccc3c3ccccc32)c1O.[CH2-]c1ccccc1.[CH2-]c1ccccc1.[Zr+2]. The van der Waals surface area contributed by atoms with Gasteiger partial charge < -0.3 is 19.3 Å². The van der Waals surface area contributed by atoms with Crippen molar-refractivity contribution in [1.29, 1.82) is 0 Å². The Morgan fingerprint density at radius 2 is 0.642 bits per heavy atom. The third-order valence-electron chi connectivity index (χ3n) is 9.03. The number of rotatable bonds is 3. The van der Waals surface area contributed by atoms with Crippen LogP contribution in [-0.4, -0.2) is 19.3 Å². The minimum atomic E-state index is 0. The van der Waals surface area contributed by atoms with Crippen molar-refractivity contribution < 1.29 is 36.4 Å². The molecule has 4 nitrogen and oxygen atoms in total. The van der Waals surface area contributed by atoms with Crippen LogP contribution in [0.15, 0.2) is 168 Å². The molecular formula is C46H34N2O2S2Zr. The van der Waals surface area contributed by atoms with Crippen LogP contribution < -0.4 is 0 Å². The molecule has 0 fully saturated rings. The van der Waals surface area contributed by atoms with Crippen LogP contribution in [0.4, 0.5) is 0 Å². The van der Waals surface area contributed by atoms with Crippen molar-refractivity contribution in [3.8, 4) is 32.6 Å². The first-order valence-corrected chi connectivity index (χ1v) is 18.6. The van der Waals surface area contributed by atoms with Gasteiger partial charge in [-0.1, -0.05) is 84.9 Å². The summed E-state index contributed by atoms with van der Waals surface area (Å²) in [6, 6.07) is 52.7. The molecule has 2 N–H and O–H groups in total. The summed E-state index contributed by atoms with van der Waals surface area (Å²) in [5, 5.41) is 31.6. The van der Waals surface area contributed by atoms with E-state index in [0.29, 0.717) is 21.1 Å². The summed E-state index contributed by atoms with van der Waals surface area (Å²) < 4.78 is 4.22. The maximum absolute atomic E-state index is 11.6. The third kappa shape index (κ3) is 6.80. The predicted molar refractivity (Wildman–Crippen MR) is 221 cm³/mol. The van der Waals surface area contributed by atoms with Gasteiger partial charge >= 0.3 is 26.2 Å². The van der Waals surface area contributed by atoms with Crippen molar-refractivity contribution in [3.05, 3.63) is 193 Å². The molecule has 0 atom stereocenters. The van der Waals surface area contributed by atoms with E-state index in [1.54, 1.807) is 0 Å². The van der Waals surface area contributed by atoms with Crippen molar-refractivity contribution in [1.82, 2.24) is 9.13 Å². The molecule has 0 unspecified atom stereocenters. The van der Waals surface area contributed by atoms with E-state index < -0.39 is 0 Å². The van der Waals surface area contributed by atoms with E-state index >= 15 is 0 Å². The van der Waals surface area contributed by atoms with Gasteiger partial charge in [0.15, 0.2) is 11.5 Å². The van der Waals surface area contributed by atoms with Crippen LogP contribution >= 0.6 is 22.7 Å². The molecule has 53 heavy (non-hydrogen) atoms. The molecule has 0 spiro atoms. The molecule has 0 saturated carbocycles. The number of hydrogen-bond donors (Lipinski definition) is 2. The average molecular weight is 802 g/mol. The molecule has 6 aromatic carbocycles. The van der Waals surface area contributed by atoms with Crippen LogP contribution in [0.3, 0.4) is 0 Å². The Morgan fingerprint density at radius 1 is 0.377 bits per heavy atom. The molecule has 0 aliphatic rings. The fourth-order valence-corrected chi connectivity index (χ4v) is 8.67. The number of fused-ring (bicyclic) bond motifs is 6. The zero-order valence-corrected chi connectivity index (χ0v) is 32.8. The second-order valence-electron chi connectivity index (χ2n) is 12.3. The van der Waals surface area contributed by atoms with Gasteiger partial charge in [0.1, 0.15) is 0 Å². The molecule has 0 saturated heterocycles. The zero-order chi connectivity index (χ0) is 35.6. The summed E-state index contributed by atoms with van der Waals surface area (Å²) in [7, 11) is 0. The van der Waals surface area contributed by atoms with Crippen LogP contribution in [0.25, 0.3) is 64.7 Å². The van der Waals surface area contributed by atoms with Crippen LogP contribution in [0.5, 0.6) is 11.5 Å². The second-order valence-corrected chi connectivity index (χ2v) is 14.1. The molecule has 0 aliphatic heterocycles. The van der Waals surface area contributed by atoms with Gasteiger partial charge in [-0.15, -0.1) is 46.9 Å². The number of thiophene rings is 2. The topological polar surface area (TPSA) is 50.3 Å². The average Bonchev–Trinajstić information content (AvgIpc) is 3.93. The van der Waals surface area contributed by atoms with Gasteiger partial charge in [0, 0.05) is 32.3 Å². The Balaban J connectivity index is 0.000000244. The summed E-state index contributed by atoms with van der Waals surface area (Å²) >= 11 is 2.89. The van der Waals surface area contributed by atoms with Gasteiger partial charge in [0.2, 0.25) is 0 Å². The maximum atomic E-state index is 11.6. The van der Waals surface area contributed by atoms with Gasteiger partial charge in [-0.3, -0.25) is 0 Å². The number of hydrogen-bond acceptors (Lipinski definition) is 4. The summed E-state index contributed by atoms with van der Waals surface area (Å²) in [4.78, 5) is 1.33. The Hall–Kier alpha value is -5.46. The Labute approximate surface area is 335 Å². The third-order valence-corrected chi connectivity index (χ3v) is 11.1. The molecule has 0 aliphatic carbocycles. The van der Waals surface area contributed by atoms with E-state index in [9.17, 15) is 10.2 Å². The van der Waals surface area contributed by atoms with Crippen LogP contribution in [0.1, 0.15) is 11.1 Å². The first-order chi connectivity index (χ1) is 25.5. The zero-order valence-electron chi connectivity index (χ0n) is 28.7. The van der Waals surface area contributed by atoms with Crippen molar-refractivity contribution in [2.24, 2.45) is 0 Å². The molecule has 7 heteroatoms. The van der Waals surface area contributed by atoms with E-state index in [-0.39, 0.29) is 37.7 Å². The minimum absolute atomic E-state index is 0. The summed E-state index contributed by atoms with van der Waals surface area (Å²) in [6.07, 6.45) is 0. The normalized spacial score (nSPS) is 10.8. The smallest absolute Gasteiger partial charge is 0.504 e. The number of aromatic nitrogens is 2. The van der Waals surface area contributed by atoms with Crippen LogP contribution in [-0.2, 0) is 26.2 Å². The first-order valence-electron chi connectivity index (χ1n) is 16.8. The fraction of sp³-hybridized carbons (Fsp3) is 0. The quantitative estimate of drug-likeness (QED) is 0.175. The van der Waals surface area contributed by atoms with Crippen molar-refractivity contribution in [2.45, 2.75) is 0 Å². The standard InChI is InChI=1S/C32H20N2O2S2.2C7H7.Zr/c35-29-27(33-23-13-5-1-9-19(23)20-10-2-6-14-24(20)33)17-37-31(29)32-30(36)28(18-38-32)34-25-15-7-3-11-21(25)22-12-4-8-16-26(22)34;2*1-7-5-3-2-4-6-7;/h1-18,35-36H;2*2-6H,1H2;/q;2*-1;+2. The van der Waals surface area contributed by atoms with E-state index in [1.807, 2.05) is 120 Å². The molecule has 0 radical (unpaired) electrons. The number of para-hydroxylation sites is 4. The molecule has 10 aromatic rings. The number of nitrogens with zero attached hydrogens (tertiary/aromatic N) is 2. The van der Waals surface area contributed by atoms with Gasteiger partial charge in [-0.2, -0.15) is 49.2 Å². The van der Waals surface area contributed by atoms with Crippen molar-refractivity contribution >= 4 is 66.3 Å². The largest absolute Gasteiger partial charge is 2.00 e. The molecule has 0 amide bonds. The Kier molecular flexibility index (Phi) is 10.6. The number of aromatic hydroxyl groups is 2. The van der Waals surface area contributed by atoms with Gasteiger partial charge in [-0.05, 0) is 24.3 Å². The fourth-order valence-electron chi connectivity index (χ4n) is 6.64. The van der Waals surface area contributed by atoms with Crippen LogP contribution in [0.2, 0.25) is 0 Å². The predicted octanol–water partition coefficient (Wildman–Crippen LogP) is 12.8. The molecular weight excluding hydrogens is 768 g/mol.